The van der Waals surface area contributed by atoms with Crippen LogP contribution in [0, 0.1) is 0 Å². The van der Waals surface area contributed by atoms with Gasteiger partial charge in [0, 0.05) is 18.3 Å². The number of pyridine rings is 1. The van der Waals surface area contributed by atoms with E-state index in [1.807, 2.05) is 18.2 Å². The van der Waals surface area contributed by atoms with E-state index in [-0.39, 0.29) is 12.6 Å². The highest BCUT2D eigenvalue weighted by atomic mass is 32.2. The molecule has 2 aliphatic carbocycles. The lowest BCUT2D eigenvalue weighted by Gasteiger charge is -2.15. The molecule has 1 fully saturated rings. The topological polar surface area (TPSA) is 68.3 Å². The fraction of sp³-hybridized carbons (Fsp3) is 0.450. The Labute approximate surface area is 154 Å². The number of hydrogen-bond acceptors (Lipinski definition) is 4. The highest BCUT2D eigenvalue weighted by Crippen LogP contribution is 2.26. The van der Waals surface area contributed by atoms with E-state index in [4.69, 9.17) is 4.74 Å². The molecule has 0 bridgehead atoms. The molecule has 0 amide bonds. The number of sulfonamides is 1. The second-order valence-corrected chi connectivity index (χ2v) is 8.87. The number of ether oxygens (including phenoxy) is 1. The van der Waals surface area contributed by atoms with Gasteiger partial charge in [0.05, 0.1) is 4.90 Å². The van der Waals surface area contributed by atoms with E-state index in [1.54, 1.807) is 18.3 Å². The molecule has 1 N–H and O–H groups in total. The average Bonchev–Trinajstić information content (AvgIpc) is 3.32. The third-order valence-electron chi connectivity index (χ3n) is 5.26. The van der Waals surface area contributed by atoms with Gasteiger partial charge in [0.2, 0.25) is 15.9 Å². The van der Waals surface area contributed by atoms with Crippen molar-refractivity contribution in [1.29, 1.82) is 0 Å². The Morgan fingerprint density at radius 2 is 1.88 bits per heavy atom. The number of fused-ring (bicyclic) bond motifs is 1. The van der Waals surface area contributed by atoms with Crippen molar-refractivity contribution in [2.24, 2.45) is 0 Å². The number of hydrogen-bond donors (Lipinski definition) is 1. The van der Waals surface area contributed by atoms with Gasteiger partial charge in [-0.15, -0.1) is 0 Å². The minimum atomic E-state index is -3.56. The molecule has 1 aromatic carbocycles. The van der Waals surface area contributed by atoms with Gasteiger partial charge in [0.15, 0.2) is 0 Å². The summed E-state index contributed by atoms with van der Waals surface area (Å²) in [4.78, 5) is 4.64. The predicted octanol–water partition coefficient (Wildman–Crippen LogP) is 3.37. The normalized spacial score (nSPS) is 17.4. The van der Waals surface area contributed by atoms with Crippen LogP contribution in [0.1, 0.15) is 48.8 Å². The summed E-state index contributed by atoms with van der Waals surface area (Å²) in [5.41, 5.74) is 3.19. The highest BCUT2D eigenvalue weighted by Gasteiger charge is 2.21. The first-order valence-corrected chi connectivity index (χ1v) is 10.8. The zero-order chi connectivity index (χ0) is 18.0. The Balaban J connectivity index is 1.48. The molecule has 1 heterocycles. The molecule has 0 atom stereocenters. The summed E-state index contributed by atoms with van der Waals surface area (Å²) >= 11 is 0. The molecule has 0 radical (unpaired) electrons. The lowest BCUT2D eigenvalue weighted by atomic mass is 10.1. The first kappa shape index (κ1) is 17.5. The van der Waals surface area contributed by atoms with Crippen LogP contribution in [0.3, 0.4) is 0 Å². The Hall–Kier alpha value is -1.92. The largest absolute Gasteiger partial charge is 0.474 e. The SMILES string of the molecule is O=S(=O)(NCc1cccnc1OC1CCCC1)c1ccc2c(c1)CCC2. The molecular weight excluding hydrogens is 348 g/mol. The van der Waals surface area contributed by atoms with Crippen molar-refractivity contribution < 1.29 is 13.2 Å². The zero-order valence-corrected chi connectivity index (χ0v) is 15.6. The van der Waals surface area contributed by atoms with Crippen LogP contribution >= 0.6 is 0 Å². The smallest absolute Gasteiger partial charge is 0.240 e. The van der Waals surface area contributed by atoms with Gasteiger partial charge in [0.1, 0.15) is 6.10 Å². The molecule has 0 unspecified atom stereocenters. The van der Waals surface area contributed by atoms with Crippen molar-refractivity contribution in [3.8, 4) is 5.88 Å². The van der Waals surface area contributed by atoms with Gasteiger partial charge in [-0.05, 0) is 74.3 Å². The molecule has 2 aliphatic rings. The third kappa shape index (κ3) is 3.76. The van der Waals surface area contributed by atoms with E-state index >= 15 is 0 Å². The Bertz CT molecular complexity index is 890. The summed E-state index contributed by atoms with van der Waals surface area (Å²) in [6, 6.07) is 9.12. The molecule has 4 rings (SSSR count). The van der Waals surface area contributed by atoms with Crippen LogP contribution in [0.2, 0.25) is 0 Å². The average molecular weight is 372 g/mol. The van der Waals surface area contributed by atoms with Crippen molar-refractivity contribution in [2.45, 2.75) is 62.5 Å². The zero-order valence-electron chi connectivity index (χ0n) is 14.8. The van der Waals surface area contributed by atoms with Gasteiger partial charge in [-0.1, -0.05) is 12.1 Å². The first-order valence-electron chi connectivity index (χ1n) is 9.34. The maximum absolute atomic E-state index is 12.7. The van der Waals surface area contributed by atoms with Crippen LogP contribution in [0.4, 0.5) is 0 Å². The van der Waals surface area contributed by atoms with Crippen LogP contribution in [0.5, 0.6) is 5.88 Å². The number of aromatic nitrogens is 1. The first-order chi connectivity index (χ1) is 12.6. The van der Waals surface area contributed by atoms with E-state index in [1.165, 1.54) is 18.4 Å². The van der Waals surface area contributed by atoms with E-state index < -0.39 is 10.0 Å². The Morgan fingerprint density at radius 1 is 1.08 bits per heavy atom. The van der Waals surface area contributed by atoms with Crippen LogP contribution in [-0.4, -0.2) is 19.5 Å². The van der Waals surface area contributed by atoms with E-state index in [2.05, 4.69) is 9.71 Å². The van der Waals surface area contributed by atoms with Crippen molar-refractivity contribution in [3.63, 3.8) is 0 Å². The number of benzene rings is 1. The molecule has 0 spiro atoms. The van der Waals surface area contributed by atoms with Gasteiger partial charge < -0.3 is 4.74 Å². The number of rotatable bonds is 6. The van der Waals surface area contributed by atoms with E-state index in [0.29, 0.717) is 10.8 Å². The fourth-order valence-electron chi connectivity index (χ4n) is 3.80. The molecule has 0 saturated heterocycles. The van der Waals surface area contributed by atoms with Gasteiger partial charge in [-0.25, -0.2) is 18.1 Å². The summed E-state index contributed by atoms with van der Waals surface area (Å²) in [7, 11) is -3.56. The van der Waals surface area contributed by atoms with Crippen LogP contribution in [0.25, 0.3) is 0 Å². The van der Waals surface area contributed by atoms with Gasteiger partial charge in [-0.2, -0.15) is 0 Å². The van der Waals surface area contributed by atoms with E-state index in [9.17, 15) is 8.42 Å². The second kappa shape index (κ2) is 7.37. The fourth-order valence-corrected chi connectivity index (χ4v) is 4.86. The summed E-state index contributed by atoms with van der Waals surface area (Å²) in [6.45, 7) is 0.176. The summed E-state index contributed by atoms with van der Waals surface area (Å²) < 4.78 is 34.1. The highest BCUT2D eigenvalue weighted by molar-refractivity contribution is 7.89. The molecule has 6 heteroatoms. The lowest BCUT2D eigenvalue weighted by Crippen LogP contribution is -2.24. The monoisotopic (exact) mass is 372 g/mol. The molecular formula is C20H24N2O3S. The van der Waals surface area contributed by atoms with Crippen LogP contribution in [-0.2, 0) is 29.4 Å². The summed E-state index contributed by atoms with van der Waals surface area (Å²) in [5, 5.41) is 0. The van der Waals surface area contributed by atoms with Gasteiger partial charge in [-0.3, -0.25) is 0 Å². The van der Waals surface area contributed by atoms with Gasteiger partial charge >= 0.3 is 0 Å². The maximum Gasteiger partial charge on any atom is 0.240 e. The van der Waals surface area contributed by atoms with Crippen LogP contribution < -0.4 is 9.46 Å². The quantitative estimate of drug-likeness (QED) is 0.844. The molecule has 2 aromatic rings. The number of nitrogens with one attached hydrogen (secondary N) is 1. The maximum atomic E-state index is 12.7. The van der Waals surface area contributed by atoms with Crippen molar-refractivity contribution in [3.05, 3.63) is 53.2 Å². The summed E-state index contributed by atoms with van der Waals surface area (Å²) in [5.74, 6) is 0.538. The van der Waals surface area contributed by atoms with E-state index in [0.717, 1.165) is 43.2 Å². The Kier molecular flexibility index (Phi) is 4.96. The predicted molar refractivity (Wildman–Crippen MR) is 99.6 cm³/mol. The number of aryl methyl sites for hydroxylation is 2. The van der Waals surface area contributed by atoms with Crippen molar-refractivity contribution in [2.75, 3.05) is 0 Å². The molecule has 138 valence electrons. The minimum Gasteiger partial charge on any atom is -0.474 e. The third-order valence-corrected chi connectivity index (χ3v) is 6.66. The van der Waals surface area contributed by atoms with Crippen molar-refractivity contribution in [1.82, 2.24) is 9.71 Å². The molecule has 1 saturated carbocycles. The van der Waals surface area contributed by atoms with Crippen molar-refractivity contribution >= 4 is 10.0 Å². The lowest BCUT2D eigenvalue weighted by molar-refractivity contribution is 0.199. The molecule has 1 aromatic heterocycles. The standard InChI is InChI=1S/C20H24N2O3S/c23-26(24,19-11-10-15-5-3-6-16(15)13-19)22-14-17-7-4-12-21-20(17)25-18-8-1-2-9-18/h4,7,10-13,18,22H,1-3,5-6,8-9,14H2. The molecule has 5 nitrogen and oxygen atoms in total. The minimum absolute atomic E-state index is 0.176. The molecule has 0 aliphatic heterocycles. The van der Waals surface area contributed by atoms with Gasteiger partial charge in [0.25, 0.3) is 0 Å². The summed E-state index contributed by atoms with van der Waals surface area (Å²) in [6.07, 6.45) is 9.41. The molecule has 26 heavy (non-hydrogen) atoms. The number of nitrogens with zero attached hydrogens (tertiary/aromatic N) is 1. The second-order valence-electron chi connectivity index (χ2n) is 7.10. The Morgan fingerprint density at radius 3 is 2.73 bits per heavy atom. The van der Waals surface area contributed by atoms with Crippen LogP contribution in [0.15, 0.2) is 41.4 Å².